The molecule has 4 heteroatoms. The van der Waals surface area contributed by atoms with E-state index in [-0.39, 0.29) is 5.97 Å². The number of carbonyl (C=O) groups is 1. The highest BCUT2D eigenvalue weighted by Crippen LogP contribution is 2.23. The number of ether oxygens (including phenoxy) is 1. The minimum Gasteiger partial charge on any atom is -0.465 e. The van der Waals surface area contributed by atoms with Crippen LogP contribution in [0.4, 0.5) is 0 Å². The average Bonchev–Trinajstić information content (AvgIpc) is 2.90. The van der Waals surface area contributed by atoms with Gasteiger partial charge in [0.2, 0.25) is 0 Å². The van der Waals surface area contributed by atoms with Gasteiger partial charge < -0.3 is 4.74 Å². The van der Waals surface area contributed by atoms with Gasteiger partial charge in [0.1, 0.15) is 6.04 Å². The quantitative estimate of drug-likeness (QED) is 0.828. The van der Waals surface area contributed by atoms with Gasteiger partial charge in [0, 0.05) is 17.9 Å². The summed E-state index contributed by atoms with van der Waals surface area (Å²) in [6.45, 7) is 4.17. The van der Waals surface area contributed by atoms with Gasteiger partial charge in [-0.2, -0.15) is 0 Å². The molecule has 0 aliphatic heterocycles. The number of pyridine rings is 1. The number of nitrogens with one attached hydrogen (secondary N) is 1. The molecular weight excluding hydrogens is 240 g/mol. The zero-order chi connectivity index (χ0) is 13.7. The van der Waals surface area contributed by atoms with Crippen molar-refractivity contribution >= 4 is 5.97 Å². The van der Waals surface area contributed by atoms with Crippen molar-refractivity contribution in [1.82, 2.24) is 10.3 Å². The van der Waals surface area contributed by atoms with E-state index in [1.807, 2.05) is 26.0 Å². The molecule has 1 N–H and O–H groups in total. The number of carbonyl (C=O) groups excluding carboxylic acids is 1. The number of aryl methyl sites for hydroxylation is 1. The lowest BCUT2D eigenvalue weighted by Gasteiger charge is -2.21. The van der Waals surface area contributed by atoms with Gasteiger partial charge in [-0.1, -0.05) is 18.9 Å². The third-order valence-corrected chi connectivity index (χ3v) is 3.55. The van der Waals surface area contributed by atoms with Crippen LogP contribution in [0.1, 0.15) is 49.9 Å². The maximum Gasteiger partial charge on any atom is 0.327 e. The lowest BCUT2D eigenvalue weighted by atomic mass is 10.1. The van der Waals surface area contributed by atoms with Crippen molar-refractivity contribution in [3.8, 4) is 0 Å². The van der Waals surface area contributed by atoms with Crippen molar-refractivity contribution in [2.24, 2.45) is 0 Å². The highest BCUT2D eigenvalue weighted by atomic mass is 16.5. The van der Waals surface area contributed by atoms with Gasteiger partial charge in [-0.05, 0) is 38.3 Å². The lowest BCUT2D eigenvalue weighted by molar-refractivity contribution is -0.146. The van der Waals surface area contributed by atoms with E-state index in [2.05, 4.69) is 10.3 Å². The highest BCUT2D eigenvalue weighted by Gasteiger charge is 2.26. The summed E-state index contributed by atoms with van der Waals surface area (Å²) in [6, 6.07) is 3.90. The average molecular weight is 262 g/mol. The van der Waals surface area contributed by atoms with Crippen LogP contribution in [-0.4, -0.2) is 23.6 Å². The Hall–Kier alpha value is -1.42. The normalized spacial score (nSPS) is 17.4. The Morgan fingerprint density at radius 1 is 1.47 bits per heavy atom. The summed E-state index contributed by atoms with van der Waals surface area (Å²) in [5.41, 5.74) is 1.84. The number of rotatable bonds is 5. The Balaban J connectivity index is 2.12. The predicted octanol–water partition coefficient (Wildman–Crippen LogP) is 2.53. The first-order valence-electron chi connectivity index (χ1n) is 7.06. The van der Waals surface area contributed by atoms with Gasteiger partial charge in [0.25, 0.3) is 0 Å². The summed E-state index contributed by atoms with van der Waals surface area (Å²) in [7, 11) is 0. The van der Waals surface area contributed by atoms with Crippen molar-refractivity contribution < 1.29 is 9.53 Å². The largest absolute Gasteiger partial charge is 0.465 e. The van der Waals surface area contributed by atoms with Gasteiger partial charge in [-0.25, -0.2) is 4.79 Å². The molecule has 19 heavy (non-hydrogen) atoms. The smallest absolute Gasteiger partial charge is 0.327 e. The molecule has 1 heterocycles. The van der Waals surface area contributed by atoms with Gasteiger partial charge >= 0.3 is 5.97 Å². The molecular formula is C15H22N2O2. The third kappa shape index (κ3) is 3.77. The fraction of sp³-hybridized carbons (Fsp3) is 0.600. The molecule has 0 spiro atoms. The second-order valence-electron chi connectivity index (χ2n) is 5.07. The molecule has 4 nitrogen and oxygen atoms in total. The van der Waals surface area contributed by atoms with E-state index in [0.717, 1.165) is 24.1 Å². The van der Waals surface area contributed by atoms with E-state index >= 15 is 0 Å². The second-order valence-corrected chi connectivity index (χ2v) is 5.07. The summed E-state index contributed by atoms with van der Waals surface area (Å²) in [4.78, 5) is 16.4. The Labute approximate surface area is 114 Å². The van der Waals surface area contributed by atoms with Gasteiger partial charge in [0.05, 0.1) is 6.61 Å². The molecule has 1 aliphatic rings. The van der Waals surface area contributed by atoms with Crippen molar-refractivity contribution in [2.45, 2.75) is 51.6 Å². The minimum absolute atomic E-state index is 0.208. The molecule has 1 unspecified atom stereocenters. The number of hydrogen-bond donors (Lipinski definition) is 1. The lowest BCUT2D eigenvalue weighted by Crippen LogP contribution is -2.36. The third-order valence-electron chi connectivity index (χ3n) is 3.55. The Morgan fingerprint density at radius 3 is 2.79 bits per heavy atom. The second kappa shape index (κ2) is 6.66. The summed E-state index contributed by atoms with van der Waals surface area (Å²) in [5.74, 6) is -0.208. The summed E-state index contributed by atoms with van der Waals surface area (Å²) in [5, 5.41) is 3.42. The molecule has 1 fully saturated rings. The van der Waals surface area contributed by atoms with Gasteiger partial charge in [-0.15, -0.1) is 0 Å². The predicted molar refractivity (Wildman–Crippen MR) is 73.7 cm³/mol. The maximum absolute atomic E-state index is 12.1. The molecule has 1 atom stereocenters. The first kappa shape index (κ1) is 14.0. The van der Waals surface area contributed by atoms with Crippen molar-refractivity contribution in [3.05, 3.63) is 29.6 Å². The molecule has 0 saturated heterocycles. The summed E-state index contributed by atoms with van der Waals surface area (Å²) < 4.78 is 5.17. The van der Waals surface area contributed by atoms with E-state index in [1.54, 1.807) is 6.20 Å². The molecule has 0 aromatic carbocycles. The molecule has 104 valence electrons. The molecule has 0 amide bonds. The van der Waals surface area contributed by atoms with Crippen LogP contribution >= 0.6 is 0 Å². The van der Waals surface area contributed by atoms with Crippen LogP contribution in [0.2, 0.25) is 0 Å². The Morgan fingerprint density at radius 2 is 2.21 bits per heavy atom. The van der Waals surface area contributed by atoms with Crippen molar-refractivity contribution in [2.75, 3.05) is 6.61 Å². The zero-order valence-corrected chi connectivity index (χ0v) is 11.7. The molecule has 1 saturated carbocycles. The van der Waals surface area contributed by atoms with Crippen LogP contribution in [0.5, 0.6) is 0 Å². The van der Waals surface area contributed by atoms with Crippen molar-refractivity contribution in [3.63, 3.8) is 0 Å². The van der Waals surface area contributed by atoms with Crippen LogP contribution in [-0.2, 0) is 9.53 Å². The fourth-order valence-corrected chi connectivity index (χ4v) is 2.50. The van der Waals surface area contributed by atoms with E-state index < -0.39 is 6.04 Å². The topological polar surface area (TPSA) is 51.2 Å². The molecule has 1 aromatic rings. The maximum atomic E-state index is 12.1. The van der Waals surface area contributed by atoms with Crippen LogP contribution in [0.15, 0.2) is 18.3 Å². The standard InChI is InChI=1S/C15H22N2O2/c1-3-19-15(18)14(17-13-6-4-5-7-13)12-9-8-11(2)16-10-12/h8-10,13-14,17H,3-7H2,1-2H3. The van der Waals surface area contributed by atoms with E-state index in [4.69, 9.17) is 4.74 Å². The van der Waals surface area contributed by atoms with Gasteiger partial charge in [0.15, 0.2) is 0 Å². The number of hydrogen-bond acceptors (Lipinski definition) is 4. The Kier molecular flexibility index (Phi) is 4.91. The van der Waals surface area contributed by atoms with E-state index in [1.165, 1.54) is 12.8 Å². The summed E-state index contributed by atoms with van der Waals surface area (Å²) in [6.07, 6.45) is 6.50. The number of nitrogens with zero attached hydrogens (tertiary/aromatic N) is 1. The van der Waals surface area contributed by atoms with Gasteiger partial charge in [-0.3, -0.25) is 10.3 Å². The molecule has 2 rings (SSSR count). The minimum atomic E-state index is -0.392. The molecule has 1 aromatic heterocycles. The number of aromatic nitrogens is 1. The van der Waals surface area contributed by atoms with Crippen LogP contribution in [0.3, 0.4) is 0 Å². The van der Waals surface area contributed by atoms with Crippen LogP contribution in [0, 0.1) is 6.92 Å². The van der Waals surface area contributed by atoms with Crippen LogP contribution in [0.25, 0.3) is 0 Å². The van der Waals surface area contributed by atoms with Crippen molar-refractivity contribution in [1.29, 1.82) is 0 Å². The van der Waals surface area contributed by atoms with E-state index in [9.17, 15) is 4.79 Å². The first-order chi connectivity index (χ1) is 9.20. The monoisotopic (exact) mass is 262 g/mol. The molecule has 0 bridgehead atoms. The SMILES string of the molecule is CCOC(=O)C(NC1CCCC1)c1ccc(C)nc1. The van der Waals surface area contributed by atoms with Crippen LogP contribution < -0.4 is 5.32 Å². The summed E-state index contributed by atoms with van der Waals surface area (Å²) >= 11 is 0. The first-order valence-corrected chi connectivity index (χ1v) is 7.06. The zero-order valence-electron chi connectivity index (χ0n) is 11.7. The van der Waals surface area contributed by atoms with E-state index in [0.29, 0.717) is 12.6 Å². The Bertz CT molecular complexity index is 411. The molecule has 1 aliphatic carbocycles. The number of esters is 1. The highest BCUT2D eigenvalue weighted by molar-refractivity contribution is 5.77. The fourth-order valence-electron chi connectivity index (χ4n) is 2.50. The molecule has 0 radical (unpaired) electrons.